The summed E-state index contributed by atoms with van der Waals surface area (Å²) in [6.45, 7) is 2.47. The van der Waals surface area contributed by atoms with Crippen LogP contribution in [0.1, 0.15) is 18.9 Å². The molecule has 0 aliphatic carbocycles. The van der Waals surface area contributed by atoms with Crippen molar-refractivity contribution in [2.75, 3.05) is 6.61 Å². The van der Waals surface area contributed by atoms with Gasteiger partial charge in [0.15, 0.2) is 0 Å². The van der Waals surface area contributed by atoms with Crippen molar-refractivity contribution in [2.24, 2.45) is 21.7 Å². The summed E-state index contributed by atoms with van der Waals surface area (Å²) < 4.78 is 18.4. The van der Waals surface area contributed by atoms with E-state index in [4.69, 9.17) is 16.2 Å². The van der Waals surface area contributed by atoms with Crippen molar-refractivity contribution in [3.8, 4) is 5.75 Å². The Kier molecular flexibility index (Phi) is 4.93. The molecule has 0 radical (unpaired) electrons. The maximum absolute atomic E-state index is 13.0. The Hall–Kier alpha value is -2.11. The van der Waals surface area contributed by atoms with Gasteiger partial charge in [-0.1, -0.05) is 6.92 Å². The van der Waals surface area contributed by atoms with Gasteiger partial charge in [0.25, 0.3) is 0 Å². The van der Waals surface area contributed by atoms with Crippen molar-refractivity contribution in [3.63, 3.8) is 0 Å². The maximum atomic E-state index is 13.0. The molecule has 0 aromatic heterocycles. The topological polar surface area (TPSA) is 86.0 Å². The van der Waals surface area contributed by atoms with Gasteiger partial charge in [-0.2, -0.15) is 5.10 Å². The number of nitrogens with two attached hydrogens (primary N) is 2. The SMILES string of the molecule is CCCOc1cc(F)ccc1C=NN=C(N)N. The van der Waals surface area contributed by atoms with Crippen LogP contribution in [0, 0.1) is 5.82 Å². The van der Waals surface area contributed by atoms with E-state index in [9.17, 15) is 4.39 Å². The van der Waals surface area contributed by atoms with Crippen molar-refractivity contribution >= 4 is 12.2 Å². The largest absolute Gasteiger partial charge is 0.493 e. The van der Waals surface area contributed by atoms with Crippen LogP contribution >= 0.6 is 0 Å². The third kappa shape index (κ3) is 4.50. The summed E-state index contributed by atoms with van der Waals surface area (Å²) in [4.78, 5) is 0. The first kappa shape index (κ1) is 13.0. The Morgan fingerprint density at radius 2 is 2.24 bits per heavy atom. The predicted molar refractivity (Wildman–Crippen MR) is 65.6 cm³/mol. The summed E-state index contributed by atoms with van der Waals surface area (Å²) >= 11 is 0. The van der Waals surface area contributed by atoms with Crippen LogP contribution in [0.4, 0.5) is 4.39 Å². The number of hydrogen-bond acceptors (Lipinski definition) is 3. The second-order valence-corrected chi connectivity index (χ2v) is 3.30. The van der Waals surface area contributed by atoms with Gasteiger partial charge in [0.2, 0.25) is 5.96 Å². The zero-order chi connectivity index (χ0) is 12.7. The zero-order valence-electron chi connectivity index (χ0n) is 9.56. The molecule has 0 saturated carbocycles. The smallest absolute Gasteiger partial charge is 0.211 e. The lowest BCUT2D eigenvalue weighted by molar-refractivity contribution is 0.315. The fraction of sp³-hybridized carbons (Fsp3) is 0.273. The Labute approximate surface area is 99.0 Å². The van der Waals surface area contributed by atoms with E-state index >= 15 is 0 Å². The molecule has 0 fully saturated rings. The standard InChI is InChI=1S/C11H15FN4O/c1-2-5-17-10-6-9(12)4-3-8(10)7-15-16-11(13)14/h3-4,6-7H,2,5H2,1H3,(H4,13,14,16). The molecule has 0 atom stereocenters. The highest BCUT2D eigenvalue weighted by atomic mass is 19.1. The summed E-state index contributed by atoms with van der Waals surface area (Å²) in [5, 5.41) is 7.11. The van der Waals surface area contributed by atoms with Crippen LogP contribution in [0.3, 0.4) is 0 Å². The summed E-state index contributed by atoms with van der Waals surface area (Å²) in [6.07, 6.45) is 2.24. The molecule has 17 heavy (non-hydrogen) atoms. The highest BCUT2D eigenvalue weighted by Crippen LogP contribution is 2.18. The van der Waals surface area contributed by atoms with E-state index in [1.807, 2.05) is 6.92 Å². The quantitative estimate of drug-likeness (QED) is 0.459. The average molecular weight is 238 g/mol. The number of benzene rings is 1. The minimum Gasteiger partial charge on any atom is -0.493 e. The third-order valence-electron chi connectivity index (χ3n) is 1.81. The molecule has 5 nitrogen and oxygen atoms in total. The Balaban J connectivity index is 2.89. The molecule has 4 N–H and O–H groups in total. The Morgan fingerprint density at radius 3 is 2.88 bits per heavy atom. The number of halogens is 1. The van der Waals surface area contributed by atoms with E-state index in [1.54, 1.807) is 6.07 Å². The third-order valence-corrected chi connectivity index (χ3v) is 1.81. The molecular weight excluding hydrogens is 223 g/mol. The van der Waals surface area contributed by atoms with Gasteiger partial charge < -0.3 is 16.2 Å². The second kappa shape index (κ2) is 6.47. The fourth-order valence-corrected chi connectivity index (χ4v) is 1.11. The van der Waals surface area contributed by atoms with Crippen molar-refractivity contribution in [1.29, 1.82) is 0 Å². The van der Waals surface area contributed by atoms with Crippen molar-refractivity contribution < 1.29 is 9.13 Å². The fourth-order valence-electron chi connectivity index (χ4n) is 1.11. The first-order valence-electron chi connectivity index (χ1n) is 5.17. The zero-order valence-corrected chi connectivity index (χ0v) is 9.56. The van der Waals surface area contributed by atoms with Gasteiger partial charge in [-0.15, -0.1) is 5.10 Å². The minimum absolute atomic E-state index is 0.139. The summed E-state index contributed by atoms with van der Waals surface area (Å²) in [6, 6.07) is 4.16. The van der Waals surface area contributed by atoms with Gasteiger partial charge >= 0.3 is 0 Å². The lowest BCUT2D eigenvalue weighted by atomic mass is 10.2. The molecule has 1 rings (SSSR count). The average Bonchev–Trinajstić information content (AvgIpc) is 2.28. The van der Waals surface area contributed by atoms with Gasteiger partial charge in [0.1, 0.15) is 11.6 Å². The van der Waals surface area contributed by atoms with Gasteiger partial charge in [0.05, 0.1) is 12.8 Å². The van der Waals surface area contributed by atoms with Gasteiger partial charge in [-0.05, 0) is 18.6 Å². The van der Waals surface area contributed by atoms with Crippen LogP contribution in [-0.4, -0.2) is 18.8 Å². The predicted octanol–water partition coefficient (Wildman–Crippen LogP) is 1.22. The molecule has 6 heteroatoms. The van der Waals surface area contributed by atoms with Crippen LogP contribution in [0.25, 0.3) is 0 Å². The molecule has 0 aliphatic rings. The van der Waals surface area contributed by atoms with Crippen LogP contribution in [0.15, 0.2) is 28.4 Å². The van der Waals surface area contributed by atoms with Crippen LogP contribution in [-0.2, 0) is 0 Å². The van der Waals surface area contributed by atoms with E-state index < -0.39 is 0 Å². The first-order chi connectivity index (χ1) is 8.13. The lowest BCUT2D eigenvalue weighted by Gasteiger charge is -2.07. The lowest BCUT2D eigenvalue weighted by Crippen LogP contribution is -2.21. The summed E-state index contributed by atoms with van der Waals surface area (Å²) in [5.74, 6) is -0.0872. The number of rotatable bonds is 5. The molecule has 0 amide bonds. The molecule has 92 valence electrons. The van der Waals surface area contributed by atoms with Crippen LogP contribution < -0.4 is 16.2 Å². The minimum atomic E-state index is -0.366. The van der Waals surface area contributed by atoms with Gasteiger partial charge in [-0.3, -0.25) is 0 Å². The molecule has 0 aliphatic heterocycles. The van der Waals surface area contributed by atoms with Crippen molar-refractivity contribution in [2.45, 2.75) is 13.3 Å². The Bertz CT molecular complexity index is 427. The molecule has 0 heterocycles. The number of ether oxygens (including phenoxy) is 1. The molecule has 0 spiro atoms. The second-order valence-electron chi connectivity index (χ2n) is 3.30. The molecule has 0 unspecified atom stereocenters. The molecular formula is C11H15FN4O. The molecule has 0 bridgehead atoms. The van der Waals surface area contributed by atoms with Crippen LogP contribution in [0.2, 0.25) is 0 Å². The maximum Gasteiger partial charge on any atom is 0.211 e. The Morgan fingerprint density at radius 1 is 1.47 bits per heavy atom. The van der Waals surface area contributed by atoms with Crippen molar-refractivity contribution in [1.82, 2.24) is 0 Å². The molecule has 1 aromatic carbocycles. The summed E-state index contributed by atoms with van der Waals surface area (Å²) in [5.41, 5.74) is 10.9. The van der Waals surface area contributed by atoms with E-state index in [0.29, 0.717) is 17.9 Å². The van der Waals surface area contributed by atoms with Gasteiger partial charge in [0, 0.05) is 11.6 Å². The van der Waals surface area contributed by atoms with E-state index in [1.165, 1.54) is 18.3 Å². The summed E-state index contributed by atoms with van der Waals surface area (Å²) in [7, 11) is 0. The van der Waals surface area contributed by atoms with Crippen molar-refractivity contribution in [3.05, 3.63) is 29.6 Å². The van der Waals surface area contributed by atoms with Gasteiger partial charge in [-0.25, -0.2) is 4.39 Å². The monoisotopic (exact) mass is 238 g/mol. The normalized spacial score (nSPS) is 10.5. The van der Waals surface area contributed by atoms with E-state index in [0.717, 1.165) is 6.42 Å². The number of hydrogen-bond donors (Lipinski definition) is 2. The highest BCUT2D eigenvalue weighted by molar-refractivity contribution is 5.84. The molecule has 1 aromatic rings. The number of guanidine groups is 1. The molecule has 0 saturated heterocycles. The van der Waals surface area contributed by atoms with E-state index in [-0.39, 0.29) is 11.8 Å². The first-order valence-corrected chi connectivity index (χ1v) is 5.17. The number of nitrogens with zero attached hydrogens (tertiary/aromatic N) is 2. The van der Waals surface area contributed by atoms with Crippen LogP contribution in [0.5, 0.6) is 5.75 Å². The highest BCUT2D eigenvalue weighted by Gasteiger charge is 2.03. The van der Waals surface area contributed by atoms with E-state index in [2.05, 4.69) is 10.2 Å².